The molecule has 0 radical (unpaired) electrons. The smallest absolute Gasteiger partial charge is 0.184 e. The summed E-state index contributed by atoms with van der Waals surface area (Å²) >= 11 is 1.58. The zero-order valence-corrected chi connectivity index (χ0v) is 18.2. The number of carbonyl (C=O) groups is 1. The second kappa shape index (κ2) is 15.2. The zero-order valence-electron chi connectivity index (χ0n) is 17.4. The van der Waals surface area contributed by atoms with Crippen LogP contribution in [-0.4, -0.2) is 11.9 Å². The molecule has 0 saturated heterocycles. The largest absolute Gasteiger partial charge is 0.480 e. The third kappa shape index (κ3) is 9.75. The van der Waals surface area contributed by atoms with E-state index in [4.69, 9.17) is 4.74 Å². The molecule has 0 fully saturated rings. The first-order valence-corrected chi connectivity index (χ1v) is 11.9. The van der Waals surface area contributed by atoms with E-state index < -0.39 is 0 Å². The minimum atomic E-state index is 0.244. The van der Waals surface area contributed by atoms with Crippen molar-refractivity contribution < 1.29 is 9.53 Å². The van der Waals surface area contributed by atoms with Crippen LogP contribution in [0.1, 0.15) is 121 Å². The van der Waals surface area contributed by atoms with Gasteiger partial charge in [-0.15, -0.1) is 11.3 Å². The summed E-state index contributed by atoms with van der Waals surface area (Å²) in [5, 5.41) is 2.86. The fourth-order valence-corrected chi connectivity index (χ4v) is 4.07. The van der Waals surface area contributed by atoms with E-state index in [1.54, 1.807) is 11.3 Å². The molecule has 3 heteroatoms. The number of ketones is 1. The monoisotopic (exact) mass is 380 g/mol. The zero-order chi connectivity index (χ0) is 19.0. The summed E-state index contributed by atoms with van der Waals surface area (Å²) in [6.07, 6.45) is 16.9. The van der Waals surface area contributed by atoms with Crippen molar-refractivity contribution >= 4 is 17.1 Å². The predicted molar refractivity (Wildman–Crippen MR) is 115 cm³/mol. The van der Waals surface area contributed by atoms with Crippen molar-refractivity contribution in [2.45, 2.75) is 117 Å². The summed E-state index contributed by atoms with van der Waals surface area (Å²) in [4.78, 5) is 12.4. The van der Waals surface area contributed by atoms with E-state index in [0.717, 1.165) is 36.3 Å². The van der Waals surface area contributed by atoms with Crippen LogP contribution < -0.4 is 4.74 Å². The first-order valence-electron chi connectivity index (χ1n) is 11.0. The molecule has 150 valence electrons. The van der Waals surface area contributed by atoms with Gasteiger partial charge in [0.25, 0.3) is 0 Å². The fourth-order valence-electron chi connectivity index (χ4n) is 3.24. The summed E-state index contributed by atoms with van der Waals surface area (Å²) in [7, 11) is 0. The van der Waals surface area contributed by atoms with E-state index in [-0.39, 0.29) is 11.9 Å². The Morgan fingerprint density at radius 3 is 2.19 bits per heavy atom. The van der Waals surface area contributed by atoms with Crippen molar-refractivity contribution in [2.75, 3.05) is 0 Å². The SMILES string of the molecule is CCCCCCCCCC(CCCC)Oc1sccc1C(=O)CCCC. The highest BCUT2D eigenvalue weighted by atomic mass is 32.1. The van der Waals surface area contributed by atoms with Gasteiger partial charge < -0.3 is 4.74 Å². The number of thiophene rings is 1. The summed E-state index contributed by atoms with van der Waals surface area (Å²) in [5.74, 6) is 0.244. The van der Waals surface area contributed by atoms with Crippen LogP contribution in [-0.2, 0) is 0 Å². The Kier molecular flexibility index (Phi) is 13.6. The predicted octanol–water partition coefficient (Wildman–Crippen LogP) is 8.20. The Morgan fingerprint density at radius 1 is 0.885 bits per heavy atom. The molecule has 1 rings (SSSR count). The van der Waals surface area contributed by atoms with Crippen molar-refractivity contribution in [3.63, 3.8) is 0 Å². The third-order valence-corrected chi connectivity index (χ3v) is 5.77. The molecule has 1 unspecified atom stereocenters. The van der Waals surface area contributed by atoms with Crippen molar-refractivity contribution in [1.29, 1.82) is 0 Å². The van der Waals surface area contributed by atoms with Gasteiger partial charge in [-0.1, -0.05) is 78.6 Å². The molecule has 1 aromatic heterocycles. The van der Waals surface area contributed by atoms with E-state index in [0.29, 0.717) is 6.42 Å². The molecule has 1 heterocycles. The second-order valence-corrected chi connectivity index (χ2v) is 8.32. The van der Waals surface area contributed by atoms with Crippen molar-refractivity contribution in [3.05, 3.63) is 17.0 Å². The number of hydrogen-bond acceptors (Lipinski definition) is 3. The highest BCUT2D eigenvalue weighted by molar-refractivity contribution is 7.12. The highest BCUT2D eigenvalue weighted by Crippen LogP contribution is 2.30. The molecule has 1 atom stereocenters. The van der Waals surface area contributed by atoms with Crippen molar-refractivity contribution in [1.82, 2.24) is 0 Å². The van der Waals surface area contributed by atoms with Gasteiger partial charge in [-0.3, -0.25) is 4.79 Å². The van der Waals surface area contributed by atoms with Crippen LogP contribution in [0.4, 0.5) is 0 Å². The molecule has 0 aromatic carbocycles. The van der Waals surface area contributed by atoms with Gasteiger partial charge in [0.15, 0.2) is 10.8 Å². The Hall–Kier alpha value is -0.830. The number of carbonyl (C=O) groups excluding carboxylic acids is 1. The standard InChI is InChI=1S/C23H40O2S/c1-4-7-10-11-12-13-14-16-20(15-8-5-2)25-23-21(18-19-26-23)22(24)17-9-6-3/h18-20H,4-17H2,1-3H3. The molecule has 0 aliphatic heterocycles. The summed E-state index contributed by atoms with van der Waals surface area (Å²) in [5.41, 5.74) is 0.810. The molecule has 2 nitrogen and oxygen atoms in total. The van der Waals surface area contributed by atoms with Crippen LogP contribution in [0.3, 0.4) is 0 Å². The van der Waals surface area contributed by atoms with Gasteiger partial charge in [-0.2, -0.15) is 0 Å². The average molecular weight is 381 g/mol. The van der Waals surface area contributed by atoms with Crippen LogP contribution in [0.15, 0.2) is 11.4 Å². The molecule has 0 N–H and O–H groups in total. The van der Waals surface area contributed by atoms with Crippen LogP contribution >= 0.6 is 11.3 Å². The van der Waals surface area contributed by atoms with E-state index in [1.165, 1.54) is 57.8 Å². The molecule has 26 heavy (non-hydrogen) atoms. The quantitative estimate of drug-likeness (QED) is 0.201. The average Bonchev–Trinajstić information content (AvgIpc) is 3.11. The molecule has 0 amide bonds. The van der Waals surface area contributed by atoms with E-state index in [1.807, 2.05) is 11.4 Å². The highest BCUT2D eigenvalue weighted by Gasteiger charge is 2.18. The molecule has 1 aromatic rings. The third-order valence-electron chi connectivity index (χ3n) is 4.97. The van der Waals surface area contributed by atoms with E-state index in [9.17, 15) is 4.79 Å². The number of hydrogen-bond donors (Lipinski definition) is 0. The maximum Gasteiger partial charge on any atom is 0.184 e. The van der Waals surface area contributed by atoms with Gasteiger partial charge in [-0.25, -0.2) is 0 Å². The van der Waals surface area contributed by atoms with Gasteiger partial charge in [0.05, 0.1) is 11.7 Å². The van der Waals surface area contributed by atoms with Gasteiger partial charge in [-0.05, 0) is 37.1 Å². The van der Waals surface area contributed by atoms with Gasteiger partial charge in [0, 0.05) is 6.42 Å². The molecule has 0 bridgehead atoms. The summed E-state index contributed by atoms with van der Waals surface area (Å²) in [6.45, 7) is 6.62. The molecule has 0 aliphatic rings. The van der Waals surface area contributed by atoms with Crippen molar-refractivity contribution in [2.24, 2.45) is 0 Å². The molecule has 0 spiro atoms. The first-order chi connectivity index (χ1) is 12.7. The van der Waals surface area contributed by atoms with E-state index >= 15 is 0 Å². The van der Waals surface area contributed by atoms with Crippen LogP contribution in [0.5, 0.6) is 5.06 Å². The number of Topliss-reactive ketones (excluding diaryl/α,β-unsaturated/α-hetero) is 1. The van der Waals surface area contributed by atoms with Crippen LogP contribution in [0.25, 0.3) is 0 Å². The minimum Gasteiger partial charge on any atom is -0.480 e. The number of rotatable bonds is 17. The van der Waals surface area contributed by atoms with Crippen LogP contribution in [0.2, 0.25) is 0 Å². The maximum atomic E-state index is 12.4. The molecule has 0 saturated carbocycles. The van der Waals surface area contributed by atoms with Crippen molar-refractivity contribution in [3.8, 4) is 5.06 Å². The lowest BCUT2D eigenvalue weighted by atomic mass is 10.0. The summed E-state index contributed by atoms with van der Waals surface area (Å²) in [6, 6.07) is 1.95. The lowest BCUT2D eigenvalue weighted by Gasteiger charge is -2.19. The number of ether oxygens (including phenoxy) is 1. The first kappa shape index (κ1) is 23.2. The normalized spacial score (nSPS) is 12.3. The molecular weight excluding hydrogens is 340 g/mol. The minimum absolute atomic E-state index is 0.244. The Bertz CT molecular complexity index is 467. The Balaban J connectivity index is 2.46. The second-order valence-electron chi connectivity index (χ2n) is 7.44. The van der Waals surface area contributed by atoms with Gasteiger partial charge >= 0.3 is 0 Å². The van der Waals surface area contributed by atoms with Crippen LogP contribution in [0, 0.1) is 0 Å². The Morgan fingerprint density at radius 2 is 1.50 bits per heavy atom. The fraction of sp³-hybridized carbons (Fsp3) is 0.783. The van der Waals surface area contributed by atoms with E-state index in [2.05, 4.69) is 20.8 Å². The topological polar surface area (TPSA) is 26.3 Å². The summed E-state index contributed by atoms with van der Waals surface area (Å²) < 4.78 is 6.33. The Labute approximate surface area is 165 Å². The maximum absolute atomic E-state index is 12.4. The lowest BCUT2D eigenvalue weighted by molar-refractivity contribution is 0.0972. The number of unbranched alkanes of at least 4 members (excludes halogenated alkanes) is 8. The molecule has 0 aliphatic carbocycles. The lowest BCUT2D eigenvalue weighted by Crippen LogP contribution is -2.17. The van der Waals surface area contributed by atoms with Gasteiger partial charge in [0.2, 0.25) is 0 Å². The molecular formula is C23H40O2S. The van der Waals surface area contributed by atoms with Gasteiger partial charge in [0.1, 0.15) is 0 Å².